The average Bonchev–Trinajstić information content (AvgIpc) is 2.76. The number of hydrogen-bond acceptors (Lipinski definition) is 4. The van der Waals surface area contributed by atoms with Gasteiger partial charge in [0.05, 0.1) is 4.47 Å². The van der Waals surface area contributed by atoms with E-state index in [1.54, 1.807) is 12.1 Å². The number of halogens is 2. The van der Waals surface area contributed by atoms with Gasteiger partial charge < -0.3 is 4.74 Å². The van der Waals surface area contributed by atoms with Crippen LogP contribution in [0, 0.1) is 5.82 Å². The molecule has 8 heteroatoms. The standard InChI is InChI=1S/C11H6BrFN4O2/c12-7-5-6(1-2-8(7)13)19-10-4-3-9-14-15-11(18)17(9)16-10/h1-5H,(H,15,18). The fourth-order valence-electron chi connectivity index (χ4n) is 1.50. The number of ether oxygens (including phenoxy) is 1. The molecule has 2 aromatic heterocycles. The van der Waals surface area contributed by atoms with Crippen molar-refractivity contribution in [2.75, 3.05) is 0 Å². The predicted octanol–water partition coefficient (Wildman–Crippen LogP) is 2.11. The zero-order valence-corrected chi connectivity index (χ0v) is 10.9. The van der Waals surface area contributed by atoms with Crippen LogP contribution < -0.4 is 10.4 Å². The summed E-state index contributed by atoms with van der Waals surface area (Å²) < 4.78 is 19.9. The molecular weight excluding hydrogens is 319 g/mol. The molecule has 0 unspecified atom stereocenters. The van der Waals surface area contributed by atoms with Crippen molar-refractivity contribution < 1.29 is 9.13 Å². The molecule has 0 aliphatic carbocycles. The third kappa shape index (κ3) is 2.22. The molecule has 0 radical (unpaired) electrons. The second-order valence-electron chi connectivity index (χ2n) is 3.65. The lowest BCUT2D eigenvalue weighted by Gasteiger charge is -2.05. The van der Waals surface area contributed by atoms with Gasteiger partial charge in [-0.1, -0.05) is 0 Å². The number of fused-ring (bicyclic) bond motifs is 1. The van der Waals surface area contributed by atoms with E-state index >= 15 is 0 Å². The van der Waals surface area contributed by atoms with E-state index in [0.717, 1.165) is 4.52 Å². The monoisotopic (exact) mass is 324 g/mol. The maximum absolute atomic E-state index is 13.1. The van der Waals surface area contributed by atoms with Crippen molar-refractivity contribution in [3.8, 4) is 11.6 Å². The highest BCUT2D eigenvalue weighted by Crippen LogP contribution is 2.25. The van der Waals surface area contributed by atoms with E-state index in [2.05, 4.69) is 31.2 Å². The summed E-state index contributed by atoms with van der Waals surface area (Å²) in [5, 5.41) is 9.97. The normalized spacial score (nSPS) is 10.8. The smallest absolute Gasteiger partial charge is 0.364 e. The molecule has 0 aliphatic heterocycles. The average molecular weight is 325 g/mol. The second kappa shape index (κ2) is 4.47. The summed E-state index contributed by atoms with van der Waals surface area (Å²) in [6.07, 6.45) is 0. The van der Waals surface area contributed by atoms with Gasteiger partial charge in [0.2, 0.25) is 5.88 Å². The summed E-state index contributed by atoms with van der Waals surface area (Å²) >= 11 is 3.06. The molecule has 1 N–H and O–H groups in total. The number of benzene rings is 1. The van der Waals surface area contributed by atoms with Crippen LogP contribution in [-0.2, 0) is 0 Å². The Kier molecular flexibility index (Phi) is 2.79. The highest BCUT2D eigenvalue weighted by molar-refractivity contribution is 9.10. The SMILES string of the molecule is O=c1[nH]nc2ccc(Oc3ccc(F)c(Br)c3)nn12. The highest BCUT2D eigenvalue weighted by atomic mass is 79.9. The number of nitrogens with one attached hydrogen (secondary N) is 1. The topological polar surface area (TPSA) is 72.3 Å². The van der Waals surface area contributed by atoms with E-state index in [9.17, 15) is 9.18 Å². The summed E-state index contributed by atoms with van der Waals surface area (Å²) in [5.41, 5.74) is -0.0710. The molecule has 1 aromatic carbocycles. The zero-order chi connectivity index (χ0) is 13.4. The Labute approximate surface area is 114 Å². The molecular formula is C11H6BrFN4O2. The van der Waals surface area contributed by atoms with Gasteiger partial charge in [0, 0.05) is 6.07 Å². The molecule has 0 saturated carbocycles. The Morgan fingerprint density at radius 3 is 2.95 bits per heavy atom. The summed E-state index contributed by atoms with van der Waals surface area (Å²) in [7, 11) is 0. The third-order valence-corrected chi connectivity index (χ3v) is 2.97. The summed E-state index contributed by atoms with van der Waals surface area (Å²) in [4.78, 5) is 11.4. The van der Waals surface area contributed by atoms with Gasteiger partial charge in [-0.15, -0.1) is 5.10 Å². The van der Waals surface area contributed by atoms with Crippen LogP contribution in [0.2, 0.25) is 0 Å². The molecule has 0 spiro atoms. The fourth-order valence-corrected chi connectivity index (χ4v) is 1.86. The Bertz CT molecular complexity index is 814. The van der Waals surface area contributed by atoms with Crippen LogP contribution in [-0.4, -0.2) is 19.8 Å². The zero-order valence-electron chi connectivity index (χ0n) is 9.30. The van der Waals surface area contributed by atoms with E-state index in [1.807, 2.05) is 0 Å². The van der Waals surface area contributed by atoms with E-state index in [0.29, 0.717) is 11.4 Å². The van der Waals surface area contributed by atoms with Crippen LogP contribution in [0.5, 0.6) is 11.6 Å². The number of H-pyrrole nitrogens is 1. The molecule has 0 fully saturated rings. The second-order valence-corrected chi connectivity index (χ2v) is 4.50. The van der Waals surface area contributed by atoms with Crippen LogP contribution >= 0.6 is 15.9 Å². The molecule has 0 aliphatic rings. The van der Waals surface area contributed by atoms with E-state index < -0.39 is 5.69 Å². The molecule has 6 nitrogen and oxygen atoms in total. The maximum Gasteiger partial charge on any atom is 0.364 e. The Morgan fingerprint density at radius 1 is 1.32 bits per heavy atom. The Balaban J connectivity index is 1.98. The number of aromatic amines is 1. The molecule has 2 heterocycles. The first kappa shape index (κ1) is 11.8. The lowest BCUT2D eigenvalue weighted by Crippen LogP contribution is -2.12. The van der Waals surface area contributed by atoms with E-state index in [4.69, 9.17) is 4.74 Å². The van der Waals surface area contributed by atoms with Crippen molar-refractivity contribution in [1.29, 1.82) is 0 Å². The molecule has 3 rings (SSSR count). The minimum atomic E-state index is -0.458. The summed E-state index contributed by atoms with van der Waals surface area (Å²) in [6, 6.07) is 7.34. The lowest BCUT2D eigenvalue weighted by atomic mass is 10.3. The summed E-state index contributed by atoms with van der Waals surface area (Å²) in [6.45, 7) is 0. The van der Waals surface area contributed by atoms with Crippen LogP contribution in [0.4, 0.5) is 4.39 Å². The fraction of sp³-hybridized carbons (Fsp3) is 0. The Morgan fingerprint density at radius 2 is 2.16 bits per heavy atom. The van der Waals surface area contributed by atoms with Gasteiger partial charge in [0.15, 0.2) is 5.65 Å². The van der Waals surface area contributed by atoms with E-state index in [1.165, 1.54) is 18.2 Å². The van der Waals surface area contributed by atoms with Crippen molar-refractivity contribution in [3.63, 3.8) is 0 Å². The minimum Gasteiger partial charge on any atom is -0.438 e. The van der Waals surface area contributed by atoms with Gasteiger partial charge in [-0.2, -0.15) is 9.61 Å². The number of aromatic nitrogens is 4. The van der Waals surface area contributed by atoms with Gasteiger partial charge in [0.25, 0.3) is 0 Å². The number of hydrogen-bond donors (Lipinski definition) is 1. The van der Waals surface area contributed by atoms with Gasteiger partial charge in [-0.05, 0) is 40.2 Å². The highest BCUT2D eigenvalue weighted by Gasteiger charge is 2.06. The van der Waals surface area contributed by atoms with Crippen molar-refractivity contribution in [2.24, 2.45) is 0 Å². The number of rotatable bonds is 2. The van der Waals surface area contributed by atoms with Crippen molar-refractivity contribution in [1.82, 2.24) is 19.8 Å². The summed E-state index contributed by atoms with van der Waals surface area (Å²) in [5.74, 6) is 0.216. The maximum atomic E-state index is 13.1. The third-order valence-electron chi connectivity index (χ3n) is 2.36. The van der Waals surface area contributed by atoms with Crippen LogP contribution in [0.1, 0.15) is 0 Å². The first-order chi connectivity index (χ1) is 9.13. The quantitative estimate of drug-likeness (QED) is 0.783. The predicted molar refractivity (Wildman–Crippen MR) is 67.8 cm³/mol. The van der Waals surface area contributed by atoms with Crippen molar-refractivity contribution >= 4 is 21.6 Å². The molecule has 0 atom stereocenters. The van der Waals surface area contributed by atoms with E-state index in [-0.39, 0.29) is 16.2 Å². The van der Waals surface area contributed by atoms with Gasteiger partial charge >= 0.3 is 5.69 Å². The van der Waals surface area contributed by atoms with Crippen LogP contribution in [0.15, 0.2) is 39.6 Å². The molecule has 0 amide bonds. The van der Waals surface area contributed by atoms with Crippen molar-refractivity contribution in [2.45, 2.75) is 0 Å². The van der Waals surface area contributed by atoms with Crippen LogP contribution in [0.3, 0.4) is 0 Å². The molecule has 0 bridgehead atoms. The largest absolute Gasteiger partial charge is 0.438 e. The first-order valence-corrected chi connectivity index (χ1v) is 6.00. The minimum absolute atomic E-state index is 0.203. The van der Waals surface area contributed by atoms with Crippen molar-refractivity contribution in [3.05, 3.63) is 51.1 Å². The lowest BCUT2D eigenvalue weighted by molar-refractivity contribution is 0.449. The molecule has 96 valence electrons. The van der Waals surface area contributed by atoms with Gasteiger partial charge in [-0.3, -0.25) is 0 Å². The molecule has 3 aromatic rings. The van der Waals surface area contributed by atoms with Crippen LogP contribution in [0.25, 0.3) is 5.65 Å². The molecule has 0 saturated heterocycles. The van der Waals surface area contributed by atoms with Gasteiger partial charge in [-0.25, -0.2) is 14.3 Å². The molecule has 19 heavy (non-hydrogen) atoms. The van der Waals surface area contributed by atoms with Gasteiger partial charge in [0.1, 0.15) is 11.6 Å². The first-order valence-electron chi connectivity index (χ1n) is 5.21. The number of nitrogens with zero attached hydrogens (tertiary/aromatic N) is 3. The Hall–Kier alpha value is -2.22.